The fourth-order valence-electron chi connectivity index (χ4n) is 2.63. The average Bonchev–Trinajstić information content (AvgIpc) is 2.96. The summed E-state index contributed by atoms with van der Waals surface area (Å²) in [5.74, 6) is 1.90. The fraction of sp³-hybridized carbons (Fsp3) is 0.312. The van der Waals surface area contributed by atoms with Gasteiger partial charge in [-0.1, -0.05) is 19.1 Å². The van der Waals surface area contributed by atoms with Crippen LogP contribution >= 0.6 is 0 Å². The Labute approximate surface area is 118 Å². The molecule has 1 aromatic heterocycles. The molecule has 104 valence electrons. The van der Waals surface area contributed by atoms with Crippen LogP contribution in [0.1, 0.15) is 30.1 Å². The number of nitrogens with one attached hydrogen (secondary N) is 1. The maximum Gasteiger partial charge on any atom is 0.231 e. The van der Waals surface area contributed by atoms with Crippen molar-refractivity contribution < 1.29 is 9.47 Å². The monoisotopic (exact) mass is 270 g/mol. The molecular weight excluding hydrogens is 252 g/mol. The molecule has 1 aliphatic heterocycles. The van der Waals surface area contributed by atoms with Gasteiger partial charge < -0.3 is 14.8 Å². The minimum Gasteiger partial charge on any atom is -0.454 e. The van der Waals surface area contributed by atoms with Gasteiger partial charge in [-0.3, -0.25) is 4.98 Å². The molecule has 1 aliphatic rings. The zero-order chi connectivity index (χ0) is 13.9. The lowest BCUT2D eigenvalue weighted by molar-refractivity contribution is 0.174. The highest BCUT2D eigenvalue weighted by Crippen LogP contribution is 2.37. The van der Waals surface area contributed by atoms with Crippen molar-refractivity contribution in [2.75, 3.05) is 13.8 Å². The normalized spacial score (nSPS) is 15.9. The molecule has 0 bridgehead atoms. The number of nitrogens with zero attached hydrogens (tertiary/aromatic N) is 1. The van der Waals surface area contributed by atoms with Crippen LogP contribution in [0.4, 0.5) is 0 Å². The van der Waals surface area contributed by atoms with Crippen molar-refractivity contribution in [3.8, 4) is 11.5 Å². The summed E-state index contributed by atoms with van der Waals surface area (Å²) in [7, 11) is 1.97. The van der Waals surface area contributed by atoms with Gasteiger partial charge in [0.2, 0.25) is 6.79 Å². The maximum absolute atomic E-state index is 5.45. The van der Waals surface area contributed by atoms with Gasteiger partial charge in [-0.25, -0.2) is 0 Å². The molecule has 2 unspecified atom stereocenters. The van der Waals surface area contributed by atoms with Gasteiger partial charge in [-0.05, 0) is 36.9 Å². The van der Waals surface area contributed by atoms with E-state index in [0.717, 1.165) is 17.2 Å². The molecule has 4 nitrogen and oxygen atoms in total. The van der Waals surface area contributed by atoms with Gasteiger partial charge in [0, 0.05) is 23.9 Å². The van der Waals surface area contributed by atoms with Crippen molar-refractivity contribution in [3.05, 3.63) is 53.9 Å². The van der Waals surface area contributed by atoms with Gasteiger partial charge in [0.15, 0.2) is 11.5 Å². The van der Waals surface area contributed by atoms with E-state index in [1.165, 1.54) is 5.56 Å². The molecule has 0 aliphatic carbocycles. The van der Waals surface area contributed by atoms with Gasteiger partial charge in [0.1, 0.15) is 0 Å². The standard InChI is InChI=1S/C16H18N2O2/c1-11(13-5-3-4-8-18-13)16(17-2)12-6-7-14-15(9-12)20-10-19-14/h3-9,11,16-17H,10H2,1-2H3. The zero-order valence-corrected chi connectivity index (χ0v) is 11.7. The first-order valence-corrected chi connectivity index (χ1v) is 6.77. The second kappa shape index (κ2) is 5.51. The molecule has 1 N–H and O–H groups in total. The minimum atomic E-state index is 0.180. The van der Waals surface area contributed by atoms with Gasteiger partial charge in [-0.2, -0.15) is 0 Å². The van der Waals surface area contributed by atoms with Crippen LogP contribution < -0.4 is 14.8 Å². The predicted molar refractivity (Wildman–Crippen MR) is 77.0 cm³/mol. The molecule has 0 spiro atoms. The Morgan fingerprint density at radius 1 is 1.15 bits per heavy atom. The molecule has 0 fully saturated rings. The van der Waals surface area contributed by atoms with Crippen molar-refractivity contribution in [3.63, 3.8) is 0 Å². The molecular formula is C16H18N2O2. The van der Waals surface area contributed by atoms with E-state index in [1.54, 1.807) is 0 Å². The smallest absolute Gasteiger partial charge is 0.231 e. The SMILES string of the molecule is CNC(c1ccc2c(c1)OCO2)C(C)c1ccccn1. The van der Waals surface area contributed by atoms with Crippen molar-refractivity contribution in [2.45, 2.75) is 18.9 Å². The summed E-state index contributed by atoms with van der Waals surface area (Å²) < 4.78 is 10.8. The van der Waals surface area contributed by atoms with E-state index in [1.807, 2.05) is 37.5 Å². The Hall–Kier alpha value is -2.07. The third-order valence-corrected chi connectivity index (χ3v) is 3.72. The Kier molecular flexibility index (Phi) is 3.56. The molecule has 0 saturated heterocycles. The molecule has 0 radical (unpaired) electrons. The summed E-state index contributed by atoms with van der Waals surface area (Å²) in [4.78, 5) is 4.45. The zero-order valence-electron chi connectivity index (χ0n) is 11.7. The van der Waals surface area contributed by atoms with Crippen LogP contribution in [0.3, 0.4) is 0 Å². The second-order valence-corrected chi connectivity index (χ2v) is 4.92. The van der Waals surface area contributed by atoms with E-state index in [4.69, 9.17) is 9.47 Å². The van der Waals surface area contributed by atoms with Crippen molar-refractivity contribution >= 4 is 0 Å². The minimum absolute atomic E-state index is 0.180. The number of likely N-dealkylation sites (N-methyl/N-ethyl adjacent to an activating group) is 1. The molecule has 2 aromatic rings. The predicted octanol–water partition coefficient (Wildman–Crippen LogP) is 2.87. The summed E-state index contributed by atoms with van der Waals surface area (Å²) >= 11 is 0. The Morgan fingerprint density at radius 3 is 2.75 bits per heavy atom. The number of hydrogen-bond donors (Lipinski definition) is 1. The van der Waals surface area contributed by atoms with Gasteiger partial charge in [0.05, 0.1) is 0 Å². The van der Waals surface area contributed by atoms with Crippen molar-refractivity contribution in [1.29, 1.82) is 0 Å². The van der Waals surface area contributed by atoms with E-state index in [-0.39, 0.29) is 12.0 Å². The van der Waals surface area contributed by atoms with E-state index >= 15 is 0 Å². The van der Waals surface area contributed by atoms with Gasteiger partial charge in [0.25, 0.3) is 0 Å². The van der Waals surface area contributed by atoms with Crippen molar-refractivity contribution in [1.82, 2.24) is 10.3 Å². The Bertz CT molecular complexity index is 586. The number of ether oxygens (including phenoxy) is 2. The lowest BCUT2D eigenvalue weighted by atomic mass is 9.91. The summed E-state index contributed by atoms with van der Waals surface area (Å²) in [6.45, 7) is 2.48. The number of benzene rings is 1. The van der Waals surface area contributed by atoms with Gasteiger partial charge >= 0.3 is 0 Å². The largest absolute Gasteiger partial charge is 0.454 e. The van der Waals surface area contributed by atoms with E-state index in [2.05, 4.69) is 29.4 Å². The highest BCUT2D eigenvalue weighted by molar-refractivity contribution is 5.45. The number of fused-ring (bicyclic) bond motifs is 1. The maximum atomic E-state index is 5.45. The van der Waals surface area contributed by atoms with Crippen LogP contribution in [-0.2, 0) is 0 Å². The first kappa shape index (κ1) is 12.9. The number of pyridine rings is 1. The molecule has 20 heavy (non-hydrogen) atoms. The highest BCUT2D eigenvalue weighted by Gasteiger charge is 2.23. The molecule has 3 rings (SSSR count). The summed E-state index contributed by atoms with van der Waals surface area (Å²) in [5, 5.41) is 3.37. The molecule has 2 atom stereocenters. The molecule has 1 aromatic carbocycles. The highest BCUT2D eigenvalue weighted by atomic mass is 16.7. The van der Waals surface area contributed by atoms with E-state index < -0.39 is 0 Å². The van der Waals surface area contributed by atoms with E-state index in [9.17, 15) is 0 Å². The molecule has 4 heteroatoms. The van der Waals surface area contributed by atoms with Crippen LogP contribution in [0.5, 0.6) is 11.5 Å². The topological polar surface area (TPSA) is 43.4 Å². The van der Waals surface area contributed by atoms with Crippen LogP contribution in [0.15, 0.2) is 42.6 Å². The molecule has 0 saturated carbocycles. The summed E-state index contributed by atoms with van der Waals surface area (Å²) in [5.41, 5.74) is 2.25. The average molecular weight is 270 g/mol. The molecule has 2 heterocycles. The molecule has 0 amide bonds. The quantitative estimate of drug-likeness (QED) is 0.927. The second-order valence-electron chi connectivity index (χ2n) is 4.92. The number of hydrogen-bond acceptors (Lipinski definition) is 4. The first-order valence-electron chi connectivity index (χ1n) is 6.77. The summed E-state index contributed by atoms with van der Waals surface area (Å²) in [6.07, 6.45) is 1.83. The van der Waals surface area contributed by atoms with E-state index in [0.29, 0.717) is 6.79 Å². The lowest BCUT2D eigenvalue weighted by Gasteiger charge is -2.23. The fourth-order valence-corrected chi connectivity index (χ4v) is 2.63. The number of aromatic nitrogens is 1. The van der Waals surface area contributed by atoms with Crippen LogP contribution in [0, 0.1) is 0 Å². The lowest BCUT2D eigenvalue weighted by Crippen LogP contribution is -2.22. The third-order valence-electron chi connectivity index (χ3n) is 3.72. The van der Waals surface area contributed by atoms with Crippen LogP contribution in [0.2, 0.25) is 0 Å². The van der Waals surface area contributed by atoms with Crippen LogP contribution in [0.25, 0.3) is 0 Å². The summed E-state index contributed by atoms with van der Waals surface area (Å²) in [6, 6.07) is 12.3. The third kappa shape index (κ3) is 2.34. The Balaban J connectivity index is 1.90. The van der Waals surface area contributed by atoms with Crippen molar-refractivity contribution in [2.24, 2.45) is 0 Å². The Morgan fingerprint density at radius 2 is 2.00 bits per heavy atom. The van der Waals surface area contributed by atoms with Gasteiger partial charge in [-0.15, -0.1) is 0 Å². The number of rotatable bonds is 4. The van der Waals surface area contributed by atoms with Crippen LogP contribution in [-0.4, -0.2) is 18.8 Å². The first-order chi connectivity index (χ1) is 9.79.